The number of carboxylic acids is 1. The molecule has 0 unspecified atom stereocenters. The van der Waals surface area contributed by atoms with Crippen molar-refractivity contribution in [1.82, 2.24) is 0 Å². The summed E-state index contributed by atoms with van der Waals surface area (Å²) in [7, 11) is 0. The number of aliphatic carboxylic acids is 1. The third-order valence-corrected chi connectivity index (χ3v) is 3.37. The summed E-state index contributed by atoms with van der Waals surface area (Å²) in [5, 5.41) is 8.18. The van der Waals surface area contributed by atoms with Crippen molar-refractivity contribution >= 4 is 23.5 Å². The zero-order chi connectivity index (χ0) is 10.1. The Balaban J connectivity index is 2.38. The summed E-state index contributed by atoms with van der Waals surface area (Å²) in [5.41, 5.74) is 0.648. The number of carboxylic acid groups (broad SMARTS) is 1. The summed E-state index contributed by atoms with van der Waals surface area (Å²) in [6, 6.07) is 7.12. The molecular weight excluding hydrogens is 200 g/mol. The van der Waals surface area contributed by atoms with Gasteiger partial charge in [0.25, 0.3) is 0 Å². The van der Waals surface area contributed by atoms with E-state index in [-0.39, 0.29) is 12.2 Å². The monoisotopic (exact) mass is 208 g/mol. The summed E-state index contributed by atoms with van der Waals surface area (Å²) in [5.74, 6) is -0.996. The highest BCUT2D eigenvalue weighted by Gasteiger charge is 2.29. The first kappa shape index (κ1) is 9.27. The number of Topliss-reactive ketones (excluding diaryl/α,β-unsaturated/α-hetero) is 1. The number of carbonyl (C=O) groups excluding carboxylic acids is 1. The van der Waals surface area contributed by atoms with Crippen LogP contribution in [0.25, 0.3) is 0 Å². The fourth-order valence-electron chi connectivity index (χ4n) is 1.41. The molecule has 1 aromatic rings. The lowest BCUT2D eigenvalue weighted by atomic mass is 10.1. The predicted octanol–water partition coefficient (Wildman–Crippen LogP) is 1.82. The number of rotatable bonds is 1. The SMILES string of the molecule is O=C1C[C@@H](C(=O)O)Sc2ccccc21. The summed E-state index contributed by atoms with van der Waals surface area (Å²) < 4.78 is 0. The average Bonchev–Trinajstić information content (AvgIpc) is 2.17. The number of carbonyl (C=O) groups is 2. The van der Waals surface area contributed by atoms with Gasteiger partial charge in [0, 0.05) is 16.9 Å². The van der Waals surface area contributed by atoms with E-state index in [1.807, 2.05) is 6.07 Å². The zero-order valence-electron chi connectivity index (χ0n) is 7.27. The number of thioether (sulfide) groups is 1. The molecule has 72 valence electrons. The molecule has 0 radical (unpaired) electrons. The van der Waals surface area contributed by atoms with Crippen molar-refractivity contribution in [2.75, 3.05) is 0 Å². The zero-order valence-corrected chi connectivity index (χ0v) is 8.08. The van der Waals surface area contributed by atoms with E-state index in [9.17, 15) is 9.59 Å². The number of fused-ring (bicyclic) bond motifs is 1. The van der Waals surface area contributed by atoms with Gasteiger partial charge in [0.05, 0.1) is 0 Å². The van der Waals surface area contributed by atoms with Crippen molar-refractivity contribution in [2.24, 2.45) is 0 Å². The van der Waals surface area contributed by atoms with Gasteiger partial charge in [-0.25, -0.2) is 0 Å². The van der Waals surface area contributed by atoms with Gasteiger partial charge in [-0.3, -0.25) is 9.59 Å². The van der Waals surface area contributed by atoms with E-state index < -0.39 is 11.2 Å². The molecule has 1 heterocycles. The molecule has 0 spiro atoms. The Morgan fingerprint density at radius 1 is 1.43 bits per heavy atom. The van der Waals surface area contributed by atoms with Crippen LogP contribution in [0.15, 0.2) is 29.2 Å². The molecule has 0 aromatic heterocycles. The van der Waals surface area contributed by atoms with E-state index in [1.165, 1.54) is 11.8 Å². The largest absolute Gasteiger partial charge is 0.480 e. The molecule has 1 aromatic carbocycles. The quantitative estimate of drug-likeness (QED) is 0.764. The van der Waals surface area contributed by atoms with Gasteiger partial charge >= 0.3 is 5.97 Å². The van der Waals surface area contributed by atoms with Crippen LogP contribution in [0, 0.1) is 0 Å². The molecule has 0 saturated carbocycles. The highest BCUT2D eigenvalue weighted by molar-refractivity contribution is 8.00. The molecule has 0 fully saturated rings. The van der Waals surface area contributed by atoms with Gasteiger partial charge in [-0.1, -0.05) is 18.2 Å². The lowest BCUT2D eigenvalue weighted by Gasteiger charge is -2.19. The third-order valence-electron chi connectivity index (χ3n) is 2.10. The van der Waals surface area contributed by atoms with E-state index in [0.29, 0.717) is 5.56 Å². The van der Waals surface area contributed by atoms with Crippen molar-refractivity contribution < 1.29 is 14.7 Å². The molecule has 1 aliphatic heterocycles. The minimum atomic E-state index is -0.919. The number of hydrogen-bond donors (Lipinski definition) is 1. The Morgan fingerprint density at radius 3 is 2.86 bits per heavy atom. The number of ketones is 1. The molecule has 0 amide bonds. The Kier molecular flexibility index (Phi) is 2.29. The summed E-state index contributed by atoms with van der Waals surface area (Å²) in [6.07, 6.45) is 0.0943. The second-order valence-electron chi connectivity index (χ2n) is 3.07. The molecule has 0 bridgehead atoms. The van der Waals surface area contributed by atoms with E-state index in [4.69, 9.17) is 5.11 Å². The molecule has 1 atom stereocenters. The molecule has 1 N–H and O–H groups in total. The highest BCUT2D eigenvalue weighted by Crippen LogP contribution is 2.34. The minimum Gasteiger partial charge on any atom is -0.480 e. The maximum Gasteiger partial charge on any atom is 0.317 e. The molecule has 3 nitrogen and oxygen atoms in total. The standard InChI is InChI=1S/C10H8O3S/c11-7-5-9(10(12)13)14-8-4-2-1-3-6(7)8/h1-4,9H,5H2,(H,12,13)/t9-/m0/s1. The van der Waals surface area contributed by atoms with E-state index in [1.54, 1.807) is 18.2 Å². The van der Waals surface area contributed by atoms with Crippen LogP contribution in [-0.2, 0) is 4.79 Å². The van der Waals surface area contributed by atoms with Crippen molar-refractivity contribution in [3.05, 3.63) is 29.8 Å². The fourth-order valence-corrected chi connectivity index (χ4v) is 2.52. The maximum absolute atomic E-state index is 11.5. The van der Waals surface area contributed by atoms with E-state index >= 15 is 0 Å². The van der Waals surface area contributed by atoms with Crippen LogP contribution in [0.4, 0.5) is 0 Å². The Morgan fingerprint density at radius 2 is 2.14 bits per heavy atom. The second-order valence-corrected chi connectivity index (χ2v) is 4.31. The lowest BCUT2D eigenvalue weighted by molar-refractivity contribution is -0.136. The Hall–Kier alpha value is -1.29. The van der Waals surface area contributed by atoms with Crippen molar-refractivity contribution in [3.8, 4) is 0 Å². The highest BCUT2D eigenvalue weighted by atomic mass is 32.2. The third kappa shape index (κ3) is 1.53. The van der Waals surface area contributed by atoms with Crippen molar-refractivity contribution in [3.63, 3.8) is 0 Å². The van der Waals surface area contributed by atoms with E-state index in [2.05, 4.69) is 0 Å². The first-order valence-electron chi connectivity index (χ1n) is 4.20. The van der Waals surface area contributed by atoms with Crippen molar-refractivity contribution in [1.29, 1.82) is 0 Å². The fraction of sp³-hybridized carbons (Fsp3) is 0.200. The van der Waals surface area contributed by atoms with Crippen LogP contribution in [0.1, 0.15) is 16.8 Å². The molecular formula is C10H8O3S. The summed E-state index contributed by atoms with van der Waals surface area (Å²) >= 11 is 1.25. The Labute approximate surface area is 85.1 Å². The van der Waals surface area contributed by atoms with Crippen LogP contribution < -0.4 is 0 Å². The van der Waals surface area contributed by atoms with Crippen LogP contribution in [0.3, 0.4) is 0 Å². The van der Waals surface area contributed by atoms with Crippen LogP contribution >= 0.6 is 11.8 Å². The smallest absolute Gasteiger partial charge is 0.317 e. The first-order valence-corrected chi connectivity index (χ1v) is 5.08. The maximum atomic E-state index is 11.5. The van der Waals surface area contributed by atoms with E-state index in [0.717, 1.165) is 4.90 Å². The van der Waals surface area contributed by atoms with Crippen LogP contribution in [-0.4, -0.2) is 22.1 Å². The topological polar surface area (TPSA) is 54.4 Å². The molecule has 0 aliphatic carbocycles. The lowest BCUT2D eigenvalue weighted by Crippen LogP contribution is -2.24. The summed E-state index contributed by atoms with van der Waals surface area (Å²) in [4.78, 5) is 23.0. The number of benzene rings is 1. The van der Waals surface area contributed by atoms with Gasteiger partial charge in [0.1, 0.15) is 5.25 Å². The molecule has 14 heavy (non-hydrogen) atoms. The van der Waals surface area contributed by atoms with Gasteiger partial charge in [-0.2, -0.15) is 0 Å². The van der Waals surface area contributed by atoms with Gasteiger partial charge in [0.15, 0.2) is 5.78 Å². The summed E-state index contributed by atoms with van der Waals surface area (Å²) in [6.45, 7) is 0. The van der Waals surface area contributed by atoms with Gasteiger partial charge in [-0.15, -0.1) is 11.8 Å². The molecule has 4 heteroatoms. The van der Waals surface area contributed by atoms with Crippen LogP contribution in [0.2, 0.25) is 0 Å². The van der Waals surface area contributed by atoms with Gasteiger partial charge in [0.2, 0.25) is 0 Å². The minimum absolute atomic E-state index is 0.0771. The van der Waals surface area contributed by atoms with Gasteiger partial charge < -0.3 is 5.11 Å². The normalized spacial score (nSPS) is 20.3. The van der Waals surface area contributed by atoms with Crippen molar-refractivity contribution in [2.45, 2.75) is 16.6 Å². The predicted molar refractivity (Wildman–Crippen MR) is 52.7 cm³/mol. The van der Waals surface area contributed by atoms with Gasteiger partial charge in [-0.05, 0) is 6.07 Å². The number of hydrogen-bond acceptors (Lipinski definition) is 3. The second kappa shape index (κ2) is 3.46. The average molecular weight is 208 g/mol. The molecule has 2 rings (SSSR count). The first-order chi connectivity index (χ1) is 6.68. The molecule has 0 saturated heterocycles. The Bertz CT molecular complexity index is 400. The molecule has 1 aliphatic rings. The van der Waals surface area contributed by atoms with Crippen LogP contribution in [0.5, 0.6) is 0 Å².